The van der Waals surface area contributed by atoms with Crippen molar-refractivity contribution in [1.29, 1.82) is 0 Å². The van der Waals surface area contributed by atoms with Crippen LogP contribution < -0.4 is 5.73 Å². The summed E-state index contributed by atoms with van der Waals surface area (Å²) in [7, 11) is 0. The second kappa shape index (κ2) is 18.7. The molecular formula is C37H54N2O4. The zero-order valence-corrected chi connectivity index (χ0v) is 27.4. The number of phenolic OH excluding ortho intramolecular Hbond substituents is 3. The number of carbonyl (C=O) groups is 1. The van der Waals surface area contributed by atoms with Gasteiger partial charge in [-0.2, -0.15) is 0 Å². The SMILES string of the molecule is CC.CC(=O)[C@@H](N)Cc1cc2cc(O)ccc2[nH]1.CCC.CCCC(CC)C(C)(c1ccc(O)cc1)c1ccc(O)cc1. The van der Waals surface area contributed by atoms with Gasteiger partial charge in [0.25, 0.3) is 0 Å². The van der Waals surface area contributed by atoms with Gasteiger partial charge in [0.05, 0.1) is 6.04 Å². The van der Waals surface area contributed by atoms with Gasteiger partial charge in [0.15, 0.2) is 0 Å². The van der Waals surface area contributed by atoms with Crippen molar-refractivity contribution in [2.45, 2.75) is 99.0 Å². The second-order valence-electron chi connectivity index (χ2n) is 10.9. The monoisotopic (exact) mass is 590 g/mol. The van der Waals surface area contributed by atoms with Crippen molar-refractivity contribution in [1.82, 2.24) is 4.98 Å². The third kappa shape index (κ3) is 10.8. The Morgan fingerprint density at radius 2 is 1.28 bits per heavy atom. The fourth-order valence-corrected chi connectivity index (χ4v) is 5.17. The van der Waals surface area contributed by atoms with E-state index in [0.29, 0.717) is 23.8 Å². The molecule has 0 saturated heterocycles. The zero-order chi connectivity index (χ0) is 32.6. The molecule has 1 aromatic heterocycles. The lowest BCUT2D eigenvalue weighted by molar-refractivity contribution is -0.118. The number of phenols is 3. The number of aromatic amines is 1. The summed E-state index contributed by atoms with van der Waals surface area (Å²) in [5.41, 5.74) is 9.80. The van der Waals surface area contributed by atoms with E-state index in [1.807, 2.05) is 44.2 Å². The molecule has 4 aromatic rings. The van der Waals surface area contributed by atoms with Gasteiger partial charge in [0.1, 0.15) is 23.0 Å². The number of hydrogen-bond donors (Lipinski definition) is 5. The maximum atomic E-state index is 11.0. The summed E-state index contributed by atoms with van der Waals surface area (Å²) in [5, 5.41) is 29.4. The average Bonchev–Trinajstić information content (AvgIpc) is 3.39. The molecule has 0 aliphatic heterocycles. The lowest BCUT2D eigenvalue weighted by Gasteiger charge is -2.39. The third-order valence-electron chi connectivity index (χ3n) is 7.50. The van der Waals surface area contributed by atoms with Crippen molar-refractivity contribution in [3.05, 3.63) is 89.6 Å². The van der Waals surface area contributed by atoms with E-state index in [-0.39, 0.29) is 16.9 Å². The van der Waals surface area contributed by atoms with Crippen molar-refractivity contribution >= 4 is 16.7 Å². The Morgan fingerprint density at radius 3 is 1.70 bits per heavy atom. The van der Waals surface area contributed by atoms with Crippen LogP contribution in [0, 0.1) is 5.92 Å². The van der Waals surface area contributed by atoms with Gasteiger partial charge in [0, 0.05) is 28.4 Å². The van der Waals surface area contributed by atoms with Crippen LogP contribution in [0.1, 0.15) is 97.9 Å². The van der Waals surface area contributed by atoms with Gasteiger partial charge in [0.2, 0.25) is 0 Å². The van der Waals surface area contributed by atoms with Crippen LogP contribution in [0.2, 0.25) is 0 Å². The molecular weight excluding hydrogens is 536 g/mol. The van der Waals surface area contributed by atoms with E-state index in [0.717, 1.165) is 35.9 Å². The fourth-order valence-electron chi connectivity index (χ4n) is 5.17. The molecule has 1 heterocycles. The molecule has 0 fully saturated rings. The molecule has 0 aliphatic carbocycles. The highest BCUT2D eigenvalue weighted by Crippen LogP contribution is 2.43. The van der Waals surface area contributed by atoms with Crippen molar-refractivity contribution in [3.8, 4) is 17.2 Å². The van der Waals surface area contributed by atoms with Gasteiger partial charge in [-0.1, -0.05) is 92.0 Å². The van der Waals surface area contributed by atoms with E-state index >= 15 is 0 Å². The molecule has 0 amide bonds. The molecule has 3 aromatic carbocycles. The number of fused-ring (bicyclic) bond motifs is 1. The fraction of sp³-hybridized carbons (Fsp3) is 0.432. The van der Waals surface area contributed by atoms with Crippen LogP contribution in [0.5, 0.6) is 17.2 Å². The molecule has 0 spiro atoms. The van der Waals surface area contributed by atoms with Gasteiger partial charge < -0.3 is 26.0 Å². The van der Waals surface area contributed by atoms with E-state index in [2.05, 4.69) is 39.6 Å². The Hall–Kier alpha value is -3.77. The van der Waals surface area contributed by atoms with Gasteiger partial charge in [-0.25, -0.2) is 0 Å². The zero-order valence-electron chi connectivity index (χ0n) is 27.4. The molecule has 6 N–H and O–H groups in total. The Balaban J connectivity index is 0.000000387. The summed E-state index contributed by atoms with van der Waals surface area (Å²) in [6.07, 6.45) is 5.12. The molecule has 0 saturated carbocycles. The lowest BCUT2D eigenvalue weighted by Crippen LogP contribution is -2.33. The predicted molar refractivity (Wildman–Crippen MR) is 181 cm³/mol. The Bertz CT molecular complexity index is 1300. The number of H-pyrrole nitrogens is 1. The number of Topliss-reactive ketones (excluding diaryl/α,β-unsaturated/α-hetero) is 1. The number of benzene rings is 3. The number of aromatic hydroxyl groups is 3. The number of ketones is 1. The standard InChI is InChI=1S/C20H26O2.C12H14N2O2.C3H8.C2H6/c1-4-6-15(5-2)20(3,16-7-11-18(21)12-8-16)17-9-13-19(22)14-10-17;1-7(15)11(13)6-9-4-8-5-10(16)2-3-12(8)14-9;1-3-2;1-2/h7-15,21-22H,4-6H2,1-3H3;2-5,11,14,16H,6,13H2,1H3;3H2,1-2H3;1-2H3/t;11-;;/m.0../s1. The highest BCUT2D eigenvalue weighted by atomic mass is 16.3. The highest BCUT2D eigenvalue weighted by Gasteiger charge is 2.36. The molecule has 236 valence electrons. The second-order valence-corrected chi connectivity index (χ2v) is 10.9. The minimum Gasteiger partial charge on any atom is -0.508 e. The number of carbonyl (C=O) groups excluding carboxylic acids is 1. The summed E-state index contributed by atoms with van der Waals surface area (Å²) < 4.78 is 0. The van der Waals surface area contributed by atoms with E-state index in [1.165, 1.54) is 24.5 Å². The maximum absolute atomic E-state index is 11.0. The number of aromatic nitrogens is 1. The summed E-state index contributed by atoms with van der Waals surface area (Å²) >= 11 is 0. The number of rotatable bonds is 9. The predicted octanol–water partition coefficient (Wildman–Crippen LogP) is 9.00. The third-order valence-corrected chi connectivity index (χ3v) is 7.50. The van der Waals surface area contributed by atoms with Crippen LogP contribution in [0.3, 0.4) is 0 Å². The van der Waals surface area contributed by atoms with Crippen LogP contribution >= 0.6 is 0 Å². The Morgan fingerprint density at radius 1 is 0.814 bits per heavy atom. The van der Waals surface area contributed by atoms with Crippen molar-refractivity contribution < 1.29 is 20.1 Å². The number of nitrogens with one attached hydrogen (secondary N) is 1. The molecule has 0 bridgehead atoms. The van der Waals surface area contributed by atoms with Crippen molar-refractivity contribution in [2.24, 2.45) is 11.7 Å². The summed E-state index contributed by atoms with van der Waals surface area (Å²) in [5.74, 6) is 1.29. The van der Waals surface area contributed by atoms with Crippen molar-refractivity contribution in [3.63, 3.8) is 0 Å². The minimum atomic E-state index is -0.471. The topological polar surface area (TPSA) is 120 Å². The summed E-state index contributed by atoms with van der Waals surface area (Å²) in [6, 6.07) is 21.6. The van der Waals surface area contributed by atoms with Crippen LogP contribution in [0.4, 0.5) is 0 Å². The first-order valence-electron chi connectivity index (χ1n) is 15.7. The number of hydrogen-bond acceptors (Lipinski definition) is 5. The molecule has 4 rings (SSSR count). The normalized spacial score (nSPS) is 12.0. The van der Waals surface area contributed by atoms with E-state index in [4.69, 9.17) is 5.73 Å². The molecule has 6 heteroatoms. The molecule has 1 unspecified atom stereocenters. The van der Waals surface area contributed by atoms with Crippen LogP contribution in [-0.2, 0) is 16.6 Å². The Labute approximate surface area is 259 Å². The van der Waals surface area contributed by atoms with Crippen LogP contribution in [0.25, 0.3) is 10.9 Å². The average molecular weight is 591 g/mol. The maximum Gasteiger partial charge on any atom is 0.146 e. The van der Waals surface area contributed by atoms with Gasteiger partial charge in [-0.3, -0.25) is 4.79 Å². The first kappa shape index (κ1) is 37.3. The van der Waals surface area contributed by atoms with E-state index in [1.54, 1.807) is 42.5 Å². The van der Waals surface area contributed by atoms with Gasteiger partial charge in [-0.15, -0.1) is 0 Å². The number of nitrogens with two attached hydrogens (primary N) is 1. The van der Waals surface area contributed by atoms with E-state index in [9.17, 15) is 20.1 Å². The molecule has 6 nitrogen and oxygen atoms in total. The van der Waals surface area contributed by atoms with Gasteiger partial charge >= 0.3 is 0 Å². The first-order valence-corrected chi connectivity index (χ1v) is 15.7. The largest absolute Gasteiger partial charge is 0.508 e. The molecule has 2 atom stereocenters. The van der Waals surface area contributed by atoms with Crippen molar-refractivity contribution in [2.75, 3.05) is 0 Å². The van der Waals surface area contributed by atoms with E-state index < -0.39 is 6.04 Å². The quantitative estimate of drug-likeness (QED) is 0.133. The summed E-state index contributed by atoms with van der Waals surface area (Å²) in [4.78, 5) is 14.2. The molecule has 0 radical (unpaired) electrons. The van der Waals surface area contributed by atoms with Gasteiger partial charge in [-0.05, 0) is 78.9 Å². The minimum absolute atomic E-state index is 0.0264. The smallest absolute Gasteiger partial charge is 0.146 e. The molecule has 0 aliphatic rings. The summed E-state index contributed by atoms with van der Waals surface area (Å²) in [6.45, 7) is 16.5. The first-order chi connectivity index (χ1) is 20.5. The van der Waals surface area contributed by atoms with Crippen LogP contribution in [-0.4, -0.2) is 32.1 Å². The van der Waals surface area contributed by atoms with Crippen LogP contribution in [0.15, 0.2) is 72.8 Å². The molecule has 43 heavy (non-hydrogen) atoms. The highest BCUT2D eigenvalue weighted by molar-refractivity contribution is 5.83. The lowest BCUT2D eigenvalue weighted by atomic mass is 9.65. The Kier molecular flexibility index (Phi) is 16.2.